The standard InChI is InChI=1S/C22H27FN6O/c1-14-11-18-19(26-14)24-13-25-20(18)28-9-10-29(22(3,4)12-28)21(30)27-15(2)16-5-7-17(23)8-6-16/h5-8,11,13,15H,9-10,12H2,1-4H3,(H,27,30)(H,24,25,26)/t15-/m0/s1. The lowest BCUT2D eigenvalue weighted by molar-refractivity contribution is 0.121. The molecule has 158 valence electrons. The van der Waals surface area contributed by atoms with Crippen molar-refractivity contribution in [3.8, 4) is 0 Å². The van der Waals surface area contributed by atoms with Gasteiger partial charge < -0.3 is 20.1 Å². The van der Waals surface area contributed by atoms with Crippen LogP contribution in [0.25, 0.3) is 11.0 Å². The van der Waals surface area contributed by atoms with Crippen LogP contribution in [0.2, 0.25) is 0 Å². The highest BCUT2D eigenvalue weighted by Crippen LogP contribution is 2.29. The van der Waals surface area contributed by atoms with Crippen LogP contribution in [0.4, 0.5) is 15.0 Å². The SMILES string of the molecule is Cc1cc2c(N3CCN(C(=O)N[C@@H](C)c4ccc(F)cc4)C(C)(C)C3)ncnc2[nH]1. The highest BCUT2D eigenvalue weighted by Gasteiger charge is 2.38. The van der Waals surface area contributed by atoms with Crippen LogP contribution in [0.5, 0.6) is 0 Å². The molecule has 3 aromatic rings. The first-order valence-corrected chi connectivity index (χ1v) is 10.1. The minimum Gasteiger partial charge on any atom is -0.352 e. The Kier molecular flexibility index (Phi) is 5.09. The van der Waals surface area contributed by atoms with Gasteiger partial charge in [-0.05, 0) is 51.5 Å². The van der Waals surface area contributed by atoms with Crippen LogP contribution in [-0.4, -0.2) is 51.1 Å². The molecule has 1 fully saturated rings. The van der Waals surface area contributed by atoms with Crippen LogP contribution in [0, 0.1) is 12.7 Å². The number of nitrogens with one attached hydrogen (secondary N) is 2. The Morgan fingerprint density at radius 2 is 1.97 bits per heavy atom. The molecule has 3 heterocycles. The van der Waals surface area contributed by atoms with Crippen molar-refractivity contribution in [2.75, 3.05) is 24.5 Å². The number of aromatic amines is 1. The van der Waals surface area contributed by atoms with E-state index >= 15 is 0 Å². The second-order valence-electron chi connectivity index (χ2n) is 8.52. The Balaban J connectivity index is 1.48. The maximum atomic E-state index is 13.2. The molecule has 2 amide bonds. The third kappa shape index (κ3) is 3.81. The molecule has 2 aromatic heterocycles. The number of rotatable bonds is 3. The third-order valence-electron chi connectivity index (χ3n) is 5.70. The first-order valence-electron chi connectivity index (χ1n) is 10.1. The Labute approximate surface area is 175 Å². The minimum atomic E-state index is -0.395. The summed E-state index contributed by atoms with van der Waals surface area (Å²) < 4.78 is 13.2. The summed E-state index contributed by atoms with van der Waals surface area (Å²) in [7, 11) is 0. The predicted molar refractivity (Wildman–Crippen MR) is 115 cm³/mol. The number of hydrogen-bond acceptors (Lipinski definition) is 4. The smallest absolute Gasteiger partial charge is 0.318 e. The van der Waals surface area contributed by atoms with E-state index in [0.717, 1.165) is 28.1 Å². The fraction of sp³-hybridized carbons (Fsp3) is 0.409. The summed E-state index contributed by atoms with van der Waals surface area (Å²) in [5.41, 5.74) is 2.34. The second-order valence-corrected chi connectivity index (χ2v) is 8.52. The molecular weight excluding hydrogens is 383 g/mol. The molecule has 0 aliphatic carbocycles. The summed E-state index contributed by atoms with van der Waals surface area (Å²) >= 11 is 0. The van der Waals surface area contributed by atoms with Crippen molar-refractivity contribution in [3.63, 3.8) is 0 Å². The molecule has 0 spiro atoms. The number of piperazine rings is 1. The van der Waals surface area contributed by atoms with E-state index in [1.54, 1.807) is 18.5 Å². The number of urea groups is 1. The van der Waals surface area contributed by atoms with E-state index in [1.165, 1.54) is 12.1 Å². The number of H-pyrrole nitrogens is 1. The molecule has 0 bridgehead atoms. The molecular formula is C22H27FN6O. The lowest BCUT2D eigenvalue weighted by Gasteiger charge is -2.47. The molecule has 4 rings (SSSR count). The molecule has 1 aliphatic rings. The van der Waals surface area contributed by atoms with Crippen LogP contribution in [-0.2, 0) is 0 Å². The van der Waals surface area contributed by atoms with Gasteiger partial charge in [-0.3, -0.25) is 0 Å². The van der Waals surface area contributed by atoms with Gasteiger partial charge in [-0.15, -0.1) is 0 Å². The third-order valence-corrected chi connectivity index (χ3v) is 5.70. The Morgan fingerprint density at radius 3 is 2.67 bits per heavy atom. The zero-order valence-electron chi connectivity index (χ0n) is 17.7. The molecule has 1 atom stereocenters. The first kappa shape index (κ1) is 20.1. The van der Waals surface area contributed by atoms with Gasteiger partial charge in [0.25, 0.3) is 0 Å². The maximum absolute atomic E-state index is 13.2. The number of halogens is 1. The summed E-state index contributed by atoms with van der Waals surface area (Å²) in [6.07, 6.45) is 1.57. The average molecular weight is 410 g/mol. The summed E-state index contributed by atoms with van der Waals surface area (Å²) in [6.45, 7) is 9.92. The van der Waals surface area contributed by atoms with Crippen molar-refractivity contribution in [1.82, 2.24) is 25.2 Å². The fourth-order valence-electron chi connectivity index (χ4n) is 4.12. The molecule has 30 heavy (non-hydrogen) atoms. The highest BCUT2D eigenvalue weighted by molar-refractivity contribution is 5.88. The Bertz CT molecular complexity index is 1060. The highest BCUT2D eigenvalue weighted by atomic mass is 19.1. The number of anilines is 1. The summed E-state index contributed by atoms with van der Waals surface area (Å²) in [6, 6.07) is 7.93. The molecule has 8 heteroatoms. The monoisotopic (exact) mass is 410 g/mol. The number of aryl methyl sites for hydroxylation is 1. The first-order chi connectivity index (χ1) is 14.2. The van der Waals surface area contributed by atoms with Crippen molar-refractivity contribution < 1.29 is 9.18 Å². The zero-order chi connectivity index (χ0) is 21.5. The number of amides is 2. The normalized spacial score (nSPS) is 17.2. The average Bonchev–Trinajstić information content (AvgIpc) is 3.07. The number of nitrogens with zero attached hydrogens (tertiary/aromatic N) is 4. The topological polar surface area (TPSA) is 77.2 Å². The van der Waals surface area contributed by atoms with Gasteiger partial charge in [0.05, 0.1) is 17.0 Å². The molecule has 1 aromatic carbocycles. The maximum Gasteiger partial charge on any atom is 0.318 e. The summed E-state index contributed by atoms with van der Waals surface area (Å²) in [5, 5.41) is 4.04. The minimum absolute atomic E-state index is 0.123. The molecule has 7 nitrogen and oxygen atoms in total. The number of carbonyl (C=O) groups is 1. The number of carbonyl (C=O) groups excluding carboxylic acids is 1. The molecule has 2 N–H and O–H groups in total. The van der Waals surface area contributed by atoms with Crippen LogP contribution >= 0.6 is 0 Å². The number of benzene rings is 1. The number of fused-ring (bicyclic) bond motifs is 1. The Hall–Kier alpha value is -3.16. The summed E-state index contributed by atoms with van der Waals surface area (Å²) in [4.78, 5) is 29.2. The molecule has 1 saturated heterocycles. The molecule has 1 aliphatic heterocycles. The zero-order valence-corrected chi connectivity index (χ0v) is 17.7. The van der Waals surface area contributed by atoms with Gasteiger partial charge in [-0.1, -0.05) is 12.1 Å². The van der Waals surface area contributed by atoms with Gasteiger partial charge in [0.1, 0.15) is 23.6 Å². The van der Waals surface area contributed by atoms with Crippen LogP contribution in [0.15, 0.2) is 36.7 Å². The van der Waals surface area contributed by atoms with Crippen LogP contribution in [0.3, 0.4) is 0 Å². The van der Waals surface area contributed by atoms with E-state index in [4.69, 9.17) is 0 Å². The van der Waals surface area contributed by atoms with E-state index in [2.05, 4.69) is 45.1 Å². The largest absolute Gasteiger partial charge is 0.352 e. The van der Waals surface area contributed by atoms with Crippen molar-refractivity contribution in [2.24, 2.45) is 0 Å². The molecule has 0 saturated carbocycles. The van der Waals surface area contributed by atoms with Gasteiger partial charge >= 0.3 is 6.03 Å². The van der Waals surface area contributed by atoms with Crippen molar-refractivity contribution >= 4 is 22.9 Å². The number of hydrogen-bond donors (Lipinski definition) is 2. The van der Waals surface area contributed by atoms with Crippen molar-refractivity contribution in [2.45, 2.75) is 39.3 Å². The van der Waals surface area contributed by atoms with Crippen LogP contribution < -0.4 is 10.2 Å². The van der Waals surface area contributed by atoms with Crippen molar-refractivity contribution in [3.05, 3.63) is 53.7 Å². The van der Waals surface area contributed by atoms with Gasteiger partial charge in [0, 0.05) is 25.3 Å². The quantitative estimate of drug-likeness (QED) is 0.689. The van der Waals surface area contributed by atoms with E-state index in [0.29, 0.717) is 19.6 Å². The van der Waals surface area contributed by atoms with Gasteiger partial charge in [-0.25, -0.2) is 19.2 Å². The summed E-state index contributed by atoms with van der Waals surface area (Å²) in [5.74, 6) is 0.600. The predicted octanol–water partition coefficient (Wildman–Crippen LogP) is 3.78. The molecule has 0 radical (unpaired) electrons. The van der Waals surface area contributed by atoms with E-state index in [1.807, 2.05) is 18.7 Å². The van der Waals surface area contributed by atoms with Gasteiger partial charge in [0.2, 0.25) is 0 Å². The number of aromatic nitrogens is 3. The lowest BCUT2D eigenvalue weighted by Crippen LogP contribution is -2.63. The molecule has 0 unspecified atom stereocenters. The lowest BCUT2D eigenvalue weighted by atomic mass is 9.99. The van der Waals surface area contributed by atoms with Crippen molar-refractivity contribution in [1.29, 1.82) is 0 Å². The fourth-order valence-corrected chi connectivity index (χ4v) is 4.12. The van der Waals surface area contributed by atoms with E-state index in [9.17, 15) is 9.18 Å². The van der Waals surface area contributed by atoms with Gasteiger partial charge in [0.15, 0.2) is 0 Å². The van der Waals surface area contributed by atoms with Gasteiger partial charge in [-0.2, -0.15) is 0 Å². The Morgan fingerprint density at radius 1 is 1.23 bits per heavy atom. The van der Waals surface area contributed by atoms with E-state index < -0.39 is 5.54 Å². The second kappa shape index (κ2) is 7.59. The van der Waals surface area contributed by atoms with E-state index in [-0.39, 0.29) is 17.9 Å². The van der Waals surface area contributed by atoms with Crippen LogP contribution in [0.1, 0.15) is 38.1 Å².